The normalized spacial score (nSPS) is 23.1. The summed E-state index contributed by atoms with van der Waals surface area (Å²) in [7, 11) is 0. The Bertz CT molecular complexity index is 529. The molecular formula is C18H27N3O2. The number of nitrogens with one attached hydrogen (secondary N) is 1. The SMILES string of the molecule is Cc1ncccc1CN1CCCC1C(=O)NCC1CCOCC1. The fourth-order valence-electron chi connectivity index (χ4n) is 3.53. The molecule has 1 N–H and O–H groups in total. The van der Waals surface area contributed by atoms with Crippen LogP contribution in [0.25, 0.3) is 0 Å². The van der Waals surface area contributed by atoms with Gasteiger partial charge in [-0.15, -0.1) is 0 Å². The second-order valence-corrected chi connectivity index (χ2v) is 6.68. The summed E-state index contributed by atoms with van der Waals surface area (Å²) in [5, 5.41) is 3.17. The minimum Gasteiger partial charge on any atom is -0.381 e. The minimum absolute atomic E-state index is 0.00875. The van der Waals surface area contributed by atoms with E-state index in [2.05, 4.69) is 21.3 Å². The fraction of sp³-hybridized carbons (Fsp3) is 0.667. The van der Waals surface area contributed by atoms with Crippen molar-refractivity contribution >= 4 is 5.91 Å². The van der Waals surface area contributed by atoms with Gasteiger partial charge in [0.2, 0.25) is 5.91 Å². The predicted octanol–water partition coefficient (Wildman–Crippen LogP) is 1.90. The van der Waals surface area contributed by atoms with Crippen molar-refractivity contribution in [1.29, 1.82) is 0 Å². The van der Waals surface area contributed by atoms with Gasteiger partial charge in [-0.2, -0.15) is 0 Å². The van der Waals surface area contributed by atoms with E-state index in [9.17, 15) is 4.79 Å². The van der Waals surface area contributed by atoms with E-state index in [1.165, 1.54) is 5.56 Å². The third kappa shape index (κ3) is 4.30. The van der Waals surface area contributed by atoms with Crippen molar-refractivity contribution in [1.82, 2.24) is 15.2 Å². The summed E-state index contributed by atoms with van der Waals surface area (Å²) in [6.45, 7) is 6.29. The van der Waals surface area contributed by atoms with Gasteiger partial charge in [-0.3, -0.25) is 14.7 Å². The van der Waals surface area contributed by atoms with Crippen LogP contribution in [-0.2, 0) is 16.1 Å². The molecule has 3 heterocycles. The van der Waals surface area contributed by atoms with E-state index in [1.54, 1.807) is 0 Å². The molecule has 1 aromatic heterocycles. The molecule has 126 valence electrons. The zero-order valence-electron chi connectivity index (χ0n) is 14.0. The second kappa shape index (κ2) is 7.88. The van der Waals surface area contributed by atoms with Gasteiger partial charge in [-0.1, -0.05) is 6.07 Å². The standard InChI is InChI=1S/C18H27N3O2/c1-14-16(4-2-8-19-14)13-21-9-3-5-17(21)18(22)20-12-15-6-10-23-11-7-15/h2,4,8,15,17H,3,5-7,9-13H2,1H3,(H,20,22). The Morgan fingerprint density at radius 1 is 1.39 bits per heavy atom. The molecular weight excluding hydrogens is 290 g/mol. The van der Waals surface area contributed by atoms with Crippen LogP contribution in [0.15, 0.2) is 18.3 Å². The summed E-state index contributed by atoms with van der Waals surface area (Å²) < 4.78 is 5.37. The van der Waals surface area contributed by atoms with E-state index >= 15 is 0 Å². The molecule has 2 saturated heterocycles. The molecule has 5 nitrogen and oxygen atoms in total. The number of likely N-dealkylation sites (tertiary alicyclic amines) is 1. The average Bonchev–Trinajstić information content (AvgIpc) is 3.04. The van der Waals surface area contributed by atoms with E-state index in [4.69, 9.17) is 4.74 Å². The van der Waals surface area contributed by atoms with Crippen LogP contribution in [0.2, 0.25) is 0 Å². The van der Waals surface area contributed by atoms with E-state index < -0.39 is 0 Å². The number of carbonyl (C=O) groups is 1. The number of ether oxygens (including phenoxy) is 1. The van der Waals surface area contributed by atoms with Crippen molar-refractivity contribution < 1.29 is 9.53 Å². The monoisotopic (exact) mass is 317 g/mol. The van der Waals surface area contributed by atoms with Crippen LogP contribution < -0.4 is 5.32 Å². The molecule has 1 atom stereocenters. The van der Waals surface area contributed by atoms with Crippen LogP contribution in [0.5, 0.6) is 0 Å². The minimum atomic E-state index is 0.00875. The van der Waals surface area contributed by atoms with Crippen LogP contribution in [-0.4, -0.2) is 48.1 Å². The van der Waals surface area contributed by atoms with Crippen LogP contribution in [0.1, 0.15) is 36.9 Å². The molecule has 3 rings (SSSR count). The number of rotatable bonds is 5. The van der Waals surface area contributed by atoms with Gasteiger partial charge in [0.1, 0.15) is 0 Å². The van der Waals surface area contributed by atoms with E-state index in [0.29, 0.717) is 5.92 Å². The highest BCUT2D eigenvalue weighted by atomic mass is 16.5. The van der Waals surface area contributed by atoms with Gasteiger partial charge in [0.15, 0.2) is 0 Å². The lowest BCUT2D eigenvalue weighted by Crippen LogP contribution is -2.44. The first-order valence-electron chi connectivity index (χ1n) is 8.74. The molecule has 2 fully saturated rings. The molecule has 0 aliphatic carbocycles. The summed E-state index contributed by atoms with van der Waals surface area (Å²) in [4.78, 5) is 19.2. The highest BCUT2D eigenvalue weighted by Crippen LogP contribution is 2.21. The molecule has 0 bridgehead atoms. The van der Waals surface area contributed by atoms with E-state index in [-0.39, 0.29) is 11.9 Å². The Kier molecular flexibility index (Phi) is 5.62. The molecule has 1 unspecified atom stereocenters. The number of aromatic nitrogens is 1. The highest BCUT2D eigenvalue weighted by molar-refractivity contribution is 5.82. The van der Waals surface area contributed by atoms with Gasteiger partial charge in [-0.25, -0.2) is 0 Å². The topological polar surface area (TPSA) is 54.5 Å². The number of nitrogens with zero attached hydrogens (tertiary/aromatic N) is 2. The van der Waals surface area contributed by atoms with Gasteiger partial charge < -0.3 is 10.1 Å². The van der Waals surface area contributed by atoms with Crippen LogP contribution in [0.3, 0.4) is 0 Å². The van der Waals surface area contributed by atoms with Crippen molar-refractivity contribution in [2.45, 2.75) is 45.2 Å². The molecule has 0 aromatic carbocycles. The van der Waals surface area contributed by atoms with Crippen molar-refractivity contribution in [3.8, 4) is 0 Å². The van der Waals surface area contributed by atoms with Gasteiger partial charge in [-0.05, 0) is 56.7 Å². The maximum atomic E-state index is 12.6. The molecule has 2 aliphatic rings. The Morgan fingerprint density at radius 3 is 3.00 bits per heavy atom. The van der Waals surface area contributed by atoms with Gasteiger partial charge in [0, 0.05) is 38.2 Å². The van der Waals surface area contributed by atoms with E-state index in [0.717, 1.165) is 64.2 Å². The molecule has 23 heavy (non-hydrogen) atoms. The molecule has 1 amide bonds. The first kappa shape index (κ1) is 16.4. The predicted molar refractivity (Wildman–Crippen MR) is 89.0 cm³/mol. The summed E-state index contributed by atoms with van der Waals surface area (Å²) >= 11 is 0. The average molecular weight is 317 g/mol. The third-order valence-electron chi connectivity index (χ3n) is 5.06. The van der Waals surface area contributed by atoms with Crippen molar-refractivity contribution in [2.24, 2.45) is 5.92 Å². The Morgan fingerprint density at radius 2 is 2.22 bits per heavy atom. The van der Waals surface area contributed by atoms with Crippen LogP contribution >= 0.6 is 0 Å². The molecule has 0 spiro atoms. The van der Waals surface area contributed by atoms with Crippen molar-refractivity contribution in [3.05, 3.63) is 29.6 Å². The lowest BCUT2D eigenvalue weighted by atomic mass is 10.0. The second-order valence-electron chi connectivity index (χ2n) is 6.68. The smallest absolute Gasteiger partial charge is 0.237 e. The van der Waals surface area contributed by atoms with Crippen molar-refractivity contribution in [3.63, 3.8) is 0 Å². The summed E-state index contributed by atoms with van der Waals surface area (Å²) in [6.07, 6.45) is 5.99. The van der Waals surface area contributed by atoms with Crippen molar-refractivity contribution in [2.75, 3.05) is 26.3 Å². The van der Waals surface area contributed by atoms with Gasteiger partial charge in [0.05, 0.1) is 6.04 Å². The first-order valence-corrected chi connectivity index (χ1v) is 8.74. The number of carbonyl (C=O) groups excluding carboxylic acids is 1. The molecule has 0 radical (unpaired) electrons. The van der Waals surface area contributed by atoms with Gasteiger partial charge in [0.25, 0.3) is 0 Å². The van der Waals surface area contributed by atoms with Gasteiger partial charge >= 0.3 is 0 Å². The van der Waals surface area contributed by atoms with Crippen LogP contribution in [0, 0.1) is 12.8 Å². The Labute approximate surface area is 138 Å². The lowest BCUT2D eigenvalue weighted by Gasteiger charge is -2.26. The maximum absolute atomic E-state index is 12.6. The Balaban J connectivity index is 1.53. The van der Waals surface area contributed by atoms with E-state index in [1.807, 2.05) is 19.2 Å². The summed E-state index contributed by atoms with van der Waals surface area (Å²) in [6, 6.07) is 4.09. The van der Waals surface area contributed by atoms with Crippen LogP contribution in [0.4, 0.5) is 0 Å². The fourth-order valence-corrected chi connectivity index (χ4v) is 3.53. The summed E-state index contributed by atoms with van der Waals surface area (Å²) in [5.41, 5.74) is 2.28. The molecule has 2 aliphatic heterocycles. The quantitative estimate of drug-likeness (QED) is 0.901. The zero-order valence-corrected chi connectivity index (χ0v) is 14.0. The number of hydrogen-bond donors (Lipinski definition) is 1. The maximum Gasteiger partial charge on any atom is 0.237 e. The third-order valence-corrected chi connectivity index (χ3v) is 5.06. The highest BCUT2D eigenvalue weighted by Gasteiger charge is 2.31. The molecule has 0 saturated carbocycles. The first-order chi connectivity index (χ1) is 11.2. The number of aryl methyl sites for hydroxylation is 1. The zero-order chi connectivity index (χ0) is 16.1. The Hall–Kier alpha value is -1.46. The summed E-state index contributed by atoms with van der Waals surface area (Å²) in [5.74, 6) is 0.763. The number of hydrogen-bond acceptors (Lipinski definition) is 4. The lowest BCUT2D eigenvalue weighted by molar-refractivity contribution is -0.126. The molecule has 5 heteroatoms. The number of amides is 1. The largest absolute Gasteiger partial charge is 0.381 e. The number of pyridine rings is 1. The molecule has 1 aromatic rings.